The minimum atomic E-state index is -3.84. The summed E-state index contributed by atoms with van der Waals surface area (Å²) in [6.45, 7) is 6.02. The van der Waals surface area contributed by atoms with Gasteiger partial charge in [0.2, 0.25) is 21.8 Å². The Bertz CT molecular complexity index is 1140. The van der Waals surface area contributed by atoms with E-state index in [4.69, 9.17) is 27.9 Å². The minimum Gasteiger partial charge on any atom is -0.494 e. The fourth-order valence-electron chi connectivity index (χ4n) is 3.77. The van der Waals surface area contributed by atoms with Gasteiger partial charge in [-0.3, -0.25) is 13.9 Å². The number of anilines is 1. The smallest absolute Gasteiger partial charge is 0.244 e. The van der Waals surface area contributed by atoms with Crippen molar-refractivity contribution < 1.29 is 22.7 Å². The van der Waals surface area contributed by atoms with Crippen LogP contribution >= 0.6 is 23.2 Å². The van der Waals surface area contributed by atoms with E-state index in [2.05, 4.69) is 5.32 Å². The molecule has 0 radical (unpaired) electrons. The van der Waals surface area contributed by atoms with Gasteiger partial charge in [-0.25, -0.2) is 8.42 Å². The Morgan fingerprint density at radius 1 is 1.03 bits per heavy atom. The third-order valence-corrected chi connectivity index (χ3v) is 7.57. The van der Waals surface area contributed by atoms with Crippen molar-refractivity contribution in [3.8, 4) is 5.75 Å². The van der Waals surface area contributed by atoms with Gasteiger partial charge in [0.1, 0.15) is 18.3 Å². The summed E-state index contributed by atoms with van der Waals surface area (Å²) in [6, 6.07) is 10.6. The Hall–Kier alpha value is -2.49. The van der Waals surface area contributed by atoms with Gasteiger partial charge in [0.25, 0.3) is 0 Å². The van der Waals surface area contributed by atoms with Gasteiger partial charge in [-0.1, -0.05) is 49.5 Å². The number of carbonyl (C=O) groups is 2. The molecule has 37 heavy (non-hydrogen) atoms. The number of nitrogens with one attached hydrogen (secondary N) is 1. The van der Waals surface area contributed by atoms with Gasteiger partial charge in [0.05, 0.1) is 18.6 Å². The lowest BCUT2D eigenvalue weighted by molar-refractivity contribution is -0.140. The standard InChI is InChI=1S/C26H35Cl2N3O5S/c1-5-8-16-29-26(33)24(6-2)30(17-21-22(27)10-9-11-23(21)28)25(32)18-31(37(4,34)35)19-12-14-20(15-13-19)36-7-3/h9-15,24H,5-8,16-18H2,1-4H3,(H,29,33)/t24-/m0/s1. The van der Waals surface area contributed by atoms with Crippen LogP contribution in [0.15, 0.2) is 42.5 Å². The lowest BCUT2D eigenvalue weighted by atomic mass is 10.1. The zero-order valence-electron chi connectivity index (χ0n) is 21.7. The number of hydrogen-bond donors (Lipinski definition) is 1. The van der Waals surface area contributed by atoms with Crippen molar-refractivity contribution in [1.82, 2.24) is 10.2 Å². The van der Waals surface area contributed by atoms with E-state index < -0.39 is 28.5 Å². The van der Waals surface area contributed by atoms with E-state index in [1.807, 2.05) is 13.8 Å². The van der Waals surface area contributed by atoms with Crippen LogP contribution in [0, 0.1) is 0 Å². The van der Waals surface area contributed by atoms with Gasteiger partial charge < -0.3 is 15.0 Å². The molecule has 0 unspecified atom stereocenters. The molecule has 0 aromatic heterocycles. The minimum absolute atomic E-state index is 0.0576. The highest BCUT2D eigenvalue weighted by molar-refractivity contribution is 7.92. The molecule has 0 saturated carbocycles. The summed E-state index contributed by atoms with van der Waals surface area (Å²) in [5, 5.41) is 3.56. The molecule has 0 fully saturated rings. The van der Waals surface area contributed by atoms with Crippen LogP contribution in [0.5, 0.6) is 5.75 Å². The highest BCUT2D eigenvalue weighted by Crippen LogP contribution is 2.28. The molecule has 0 bridgehead atoms. The lowest BCUT2D eigenvalue weighted by Crippen LogP contribution is -2.52. The first-order chi connectivity index (χ1) is 17.5. The van der Waals surface area contributed by atoms with E-state index in [-0.39, 0.29) is 12.5 Å². The van der Waals surface area contributed by atoms with Gasteiger partial charge >= 0.3 is 0 Å². The monoisotopic (exact) mass is 571 g/mol. The highest BCUT2D eigenvalue weighted by atomic mass is 35.5. The molecule has 11 heteroatoms. The summed E-state index contributed by atoms with van der Waals surface area (Å²) in [6.07, 6.45) is 3.04. The average molecular weight is 573 g/mol. The maximum atomic E-state index is 13.7. The molecular weight excluding hydrogens is 537 g/mol. The molecule has 2 rings (SSSR count). The molecule has 0 spiro atoms. The summed E-state index contributed by atoms with van der Waals surface area (Å²) < 4.78 is 31.9. The Morgan fingerprint density at radius 2 is 1.65 bits per heavy atom. The molecular formula is C26H35Cl2N3O5S. The fourth-order valence-corrected chi connectivity index (χ4v) is 5.13. The SMILES string of the molecule is CCCCNC(=O)[C@H](CC)N(Cc1c(Cl)cccc1Cl)C(=O)CN(c1ccc(OCC)cc1)S(C)(=O)=O. The van der Waals surface area contributed by atoms with Gasteiger partial charge in [0.15, 0.2) is 0 Å². The van der Waals surface area contributed by atoms with Crippen LogP contribution in [0.4, 0.5) is 5.69 Å². The van der Waals surface area contributed by atoms with E-state index in [0.717, 1.165) is 23.4 Å². The molecule has 0 saturated heterocycles. The summed E-state index contributed by atoms with van der Waals surface area (Å²) >= 11 is 12.8. The first-order valence-corrected chi connectivity index (χ1v) is 14.8. The van der Waals surface area contributed by atoms with Gasteiger partial charge in [-0.05, 0) is 56.2 Å². The van der Waals surface area contributed by atoms with Crippen molar-refractivity contribution in [3.63, 3.8) is 0 Å². The summed E-state index contributed by atoms with van der Waals surface area (Å²) in [5.41, 5.74) is 0.779. The third-order valence-electron chi connectivity index (χ3n) is 5.72. The van der Waals surface area contributed by atoms with E-state index in [1.54, 1.807) is 49.4 Å². The highest BCUT2D eigenvalue weighted by Gasteiger charge is 2.32. The number of carbonyl (C=O) groups excluding carboxylic acids is 2. The van der Waals surface area contributed by atoms with E-state index >= 15 is 0 Å². The van der Waals surface area contributed by atoms with E-state index in [0.29, 0.717) is 46.6 Å². The third kappa shape index (κ3) is 8.79. The van der Waals surface area contributed by atoms with Crippen molar-refractivity contribution in [1.29, 1.82) is 0 Å². The summed E-state index contributed by atoms with van der Waals surface area (Å²) in [7, 11) is -3.84. The Kier molecular flexibility index (Phi) is 12.0. The number of benzene rings is 2. The molecule has 0 aliphatic carbocycles. The number of unbranched alkanes of at least 4 members (excludes halogenated alkanes) is 1. The molecule has 2 amide bonds. The first kappa shape index (κ1) is 30.7. The number of nitrogens with zero attached hydrogens (tertiary/aromatic N) is 2. The van der Waals surface area contributed by atoms with Crippen molar-refractivity contribution in [2.75, 3.05) is 30.3 Å². The van der Waals surface area contributed by atoms with Crippen LogP contribution in [0.3, 0.4) is 0 Å². The molecule has 2 aromatic rings. The quantitative estimate of drug-likeness (QED) is 0.326. The molecule has 0 aliphatic heterocycles. The van der Waals surface area contributed by atoms with Crippen LogP contribution in [-0.2, 0) is 26.2 Å². The van der Waals surface area contributed by atoms with Gasteiger partial charge in [-0.2, -0.15) is 0 Å². The van der Waals surface area contributed by atoms with E-state index in [9.17, 15) is 18.0 Å². The zero-order valence-corrected chi connectivity index (χ0v) is 24.0. The normalized spacial score (nSPS) is 12.1. The molecule has 0 aliphatic rings. The number of ether oxygens (including phenoxy) is 1. The van der Waals surface area contributed by atoms with Crippen molar-refractivity contribution in [2.24, 2.45) is 0 Å². The molecule has 2 aromatic carbocycles. The Morgan fingerprint density at radius 3 is 2.16 bits per heavy atom. The van der Waals surface area contributed by atoms with Crippen molar-refractivity contribution in [2.45, 2.75) is 52.6 Å². The predicted molar refractivity (Wildman–Crippen MR) is 149 cm³/mol. The van der Waals surface area contributed by atoms with Crippen molar-refractivity contribution in [3.05, 3.63) is 58.1 Å². The number of hydrogen-bond acceptors (Lipinski definition) is 5. The number of sulfonamides is 1. The largest absolute Gasteiger partial charge is 0.494 e. The van der Waals surface area contributed by atoms with Crippen LogP contribution in [0.1, 0.15) is 45.6 Å². The van der Waals surface area contributed by atoms with Crippen molar-refractivity contribution >= 4 is 50.7 Å². The Labute approximate surface area is 229 Å². The zero-order chi connectivity index (χ0) is 27.6. The second-order valence-corrected chi connectivity index (χ2v) is 11.2. The van der Waals surface area contributed by atoms with E-state index in [1.165, 1.54) is 4.90 Å². The number of rotatable bonds is 14. The average Bonchev–Trinajstić information content (AvgIpc) is 2.84. The fraction of sp³-hybridized carbons (Fsp3) is 0.462. The summed E-state index contributed by atoms with van der Waals surface area (Å²) in [4.78, 5) is 28.2. The van der Waals surface area contributed by atoms with Crippen LogP contribution < -0.4 is 14.4 Å². The van der Waals surface area contributed by atoms with Gasteiger partial charge in [0, 0.05) is 28.7 Å². The molecule has 204 valence electrons. The maximum absolute atomic E-state index is 13.7. The molecule has 0 heterocycles. The summed E-state index contributed by atoms with van der Waals surface area (Å²) in [5.74, 6) is -0.303. The first-order valence-electron chi connectivity index (χ1n) is 12.2. The topological polar surface area (TPSA) is 96.0 Å². The molecule has 1 atom stereocenters. The van der Waals surface area contributed by atoms with Gasteiger partial charge in [-0.15, -0.1) is 0 Å². The Balaban J connectivity index is 2.44. The maximum Gasteiger partial charge on any atom is 0.244 e. The predicted octanol–water partition coefficient (Wildman–Crippen LogP) is 4.88. The number of amides is 2. The second-order valence-electron chi connectivity index (χ2n) is 8.49. The van der Waals surface area contributed by atoms with Crippen LogP contribution in [-0.4, -0.2) is 57.1 Å². The molecule has 8 nitrogen and oxygen atoms in total. The molecule has 1 N–H and O–H groups in total. The van der Waals surface area contributed by atoms with Crippen LogP contribution in [0.25, 0.3) is 0 Å². The number of halogens is 2. The lowest BCUT2D eigenvalue weighted by Gasteiger charge is -2.33. The van der Waals surface area contributed by atoms with Crippen LogP contribution in [0.2, 0.25) is 10.0 Å². The second kappa shape index (κ2) is 14.4.